The summed E-state index contributed by atoms with van der Waals surface area (Å²) in [6.07, 6.45) is 6.45. The van der Waals surface area contributed by atoms with Crippen molar-refractivity contribution in [2.24, 2.45) is 5.73 Å². The maximum atomic E-state index is 13.6. The highest BCUT2D eigenvalue weighted by Gasteiger charge is 2.17. The average Bonchev–Trinajstić information content (AvgIpc) is 3.31. The molecule has 38 heavy (non-hydrogen) atoms. The quantitative estimate of drug-likeness (QED) is 0.150. The first kappa shape index (κ1) is 25.1. The number of fused-ring (bicyclic) bond motifs is 1. The van der Waals surface area contributed by atoms with E-state index in [1.165, 1.54) is 12.1 Å². The minimum atomic E-state index is -0.274. The molecule has 0 saturated heterocycles. The summed E-state index contributed by atoms with van der Waals surface area (Å²) >= 11 is 0. The Balaban J connectivity index is 1.27. The largest absolute Gasteiger partial charge is 0.494 e. The van der Waals surface area contributed by atoms with E-state index in [0.717, 1.165) is 58.7 Å². The smallest absolute Gasteiger partial charge is 0.123 e. The Bertz CT molecular complexity index is 1530. The number of benzene rings is 2. The van der Waals surface area contributed by atoms with Crippen molar-refractivity contribution in [2.75, 3.05) is 20.2 Å². The summed E-state index contributed by atoms with van der Waals surface area (Å²) in [4.78, 5) is 6.40. The van der Waals surface area contributed by atoms with Gasteiger partial charge in [0.1, 0.15) is 23.1 Å². The van der Waals surface area contributed by atoms with Crippen molar-refractivity contribution in [3.63, 3.8) is 0 Å². The zero-order valence-corrected chi connectivity index (χ0v) is 21.1. The van der Waals surface area contributed by atoms with Gasteiger partial charge >= 0.3 is 0 Å². The van der Waals surface area contributed by atoms with Crippen molar-refractivity contribution < 1.29 is 9.13 Å². The van der Waals surface area contributed by atoms with Crippen LogP contribution >= 0.6 is 0 Å². The van der Waals surface area contributed by atoms with Crippen LogP contribution in [0.25, 0.3) is 27.9 Å². The first-order valence-corrected chi connectivity index (χ1v) is 12.4. The summed E-state index contributed by atoms with van der Waals surface area (Å²) in [7, 11) is 2.08. The van der Waals surface area contributed by atoms with Gasteiger partial charge in [-0.05, 0) is 91.3 Å². The van der Waals surface area contributed by atoms with Gasteiger partial charge in [0.15, 0.2) is 0 Å². The molecule has 0 bridgehead atoms. The zero-order chi connectivity index (χ0) is 26.5. The maximum Gasteiger partial charge on any atom is 0.123 e. The van der Waals surface area contributed by atoms with Crippen LogP contribution in [-0.2, 0) is 6.54 Å². The van der Waals surface area contributed by atoms with E-state index >= 15 is 0 Å². The molecule has 3 heterocycles. The van der Waals surface area contributed by atoms with Gasteiger partial charge in [-0.2, -0.15) is 5.10 Å². The fourth-order valence-corrected chi connectivity index (χ4v) is 4.44. The number of aromatic nitrogens is 3. The second kappa shape index (κ2) is 11.2. The number of amidine groups is 1. The van der Waals surface area contributed by atoms with Gasteiger partial charge in [0.25, 0.3) is 0 Å². The van der Waals surface area contributed by atoms with Crippen LogP contribution in [0, 0.1) is 11.2 Å². The predicted octanol–water partition coefficient (Wildman–Crippen LogP) is 5.39. The Morgan fingerprint density at radius 3 is 2.42 bits per heavy atom. The molecule has 5 rings (SSSR count). The van der Waals surface area contributed by atoms with Crippen LogP contribution in [0.5, 0.6) is 5.75 Å². The number of hydrogen-bond acceptors (Lipinski definition) is 5. The molecule has 7 nitrogen and oxygen atoms in total. The lowest BCUT2D eigenvalue weighted by Gasteiger charge is -2.17. The third-order valence-corrected chi connectivity index (χ3v) is 6.35. The zero-order valence-electron chi connectivity index (χ0n) is 21.1. The first-order chi connectivity index (χ1) is 18.5. The fourth-order valence-electron chi connectivity index (χ4n) is 4.44. The molecule has 192 valence electrons. The predicted molar refractivity (Wildman–Crippen MR) is 148 cm³/mol. The highest BCUT2D eigenvalue weighted by molar-refractivity contribution is 5.95. The van der Waals surface area contributed by atoms with E-state index in [4.69, 9.17) is 21.0 Å². The molecule has 5 aromatic rings. The van der Waals surface area contributed by atoms with Gasteiger partial charge in [-0.3, -0.25) is 10.4 Å². The number of nitrogens with two attached hydrogens (primary N) is 1. The van der Waals surface area contributed by atoms with Crippen molar-refractivity contribution in [2.45, 2.75) is 13.0 Å². The van der Waals surface area contributed by atoms with Crippen LogP contribution in [0.1, 0.15) is 17.5 Å². The number of hydrogen-bond donors (Lipinski definition) is 2. The van der Waals surface area contributed by atoms with E-state index in [-0.39, 0.29) is 11.7 Å². The Hall–Kier alpha value is -4.56. The van der Waals surface area contributed by atoms with Crippen LogP contribution in [0.4, 0.5) is 4.39 Å². The Morgan fingerprint density at radius 2 is 1.71 bits per heavy atom. The molecular formula is C30H29FN6O. The monoisotopic (exact) mass is 508 g/mol. The molecule has 0 aliphatic carbocycles. The van der Waals surface area contributed by atoms with Crippen LogP contribution in [0.2, 0.25) is 0 Å². The number of rotatable bonds is 10. The molecule has 0 radical (unpaired) electrons. The minimum absolute atomic E-state index is 0.0479. The molecule has 8 heteroatoms. The Labute approximate surface area is 220 Å². The summed E-state index contributed by atoms with van der Waals surface area (Å²) in [6.45, 7) is 2.23. The molecule has 0 fully saturated rings. The van der Waals surface area contributed by atoms with Crippen molar-refractivity contribution in [1.29, 1.82) is 5.41 Å². The second-order valence-electron chi connectivity index (χ2n) is 9.21. The average molecular weight is 509 g/mol. The van der Waals surface area contributed by atoms with E-state index in [9.17, 15) is 4.39 Å². The number of nitrogen functional groups attached to an aromatic ring is 1. The second-order valence-corrected chi connectivity index (χ2v) is 9.21. The normalized spacial score (nSPS) is 11.2. The minimum Gasteiger partial charge on any atom is -0.494 e. The molecule has 0 unspecified atom stereocenters. The summed E-state index contributed by atoms with van der Waals surface area (Å²) in [5.74, 6) is 0.542. The molecule has 0 saturated carbocycles. The van der Waals surface area contributed by atoms with Crippen molar-refractivity contribution in [3.05, 3.63) is 108 Å². The van der Waals surface area contributed by atoms with Gasteiger partial charge in [0.2, 0.25) is 0 Å². The molecule has 3 N–H and O–H groups in total. The van der Waals surface area contributed by atoms with Crippen LogP contribution < -0.4 is 10.5 Å². The lowest BCUT2D eigenvalue weighted by Crippen LogP contribution is -2.21. The SMILES string of the molecule is CN(CCCOc1ccc(C(=N)N)cc1)Cc1ccc2c(-c3ccncc3)c(-c3ccc(F)cc3)nn2c1. The van der Waals surface area contributed by atoms with Gasteiger partial charge in [-0.15, -0.1) is 0 Å². The van der Waals surface area contributed by atoms with E-state index in [0.29, 0.717) is 12.2 Å². The maximum absolute atomic E-state index is 13.6. The summed E-state index contributed by atoms with van der Waals surface area (Å²) < 4.78 is 21.3. The molecule has 0 spiro atoms. The number of ether oxygens (including phenoxy) is 1. The molecule has 0 atom stereocenters. The summed E-state index contributed by atoms with van der Waals surface area (Å²) in [6, 6.07) is 21.8. The fraction of sp³-hybridized carbons (Fsp3) is 0.167. The molecule has 0 aliphatic rings. The van der Waals surface area contributed by atoms with Crippen molar-refractivity contribution in [3.8, 4) is 28.1 Å². The summed E-state index contributed by atoms with van der Waals surface area (Å²) in [5.41, 5.74) is 12.0. The van der Waals surface area contributed by atoms with E-state index in [1.54, 1.807) is 36.7 Å². The highest BCUT2D eigenvalue weighted by atomic mass is 19.1. The van der Waals surface area contributed by atoms with E-state index < -0.39 is 0 Å². The van der Waals surface area contributed by atoms with E-state index in [2.05, 4.69) is 35.3 Å². The topological polar surface area (TPSA) is 92.5 Å². The third-order valence-electron chi connectivity index (χ3n) is 6.35. The van der Waals surface area contributed by atoms with Gasteiger partial charge in [-0.1, -0.05) is 6.07 Å². The molecule has 0 amide bonds. The lowest BCUT2D eigenvalue weighted by molar-refractivity contribution is 0.258. The van der Waals surface area contributed by atoms with Crippen LogP contribution in [0.3, 0.4) is 0 Å². The van der Waals surface area contributed by atoms with Gasteiger partial charge < -0.3 is 15.4 Å². The number of pyridine rings is 2. The standard InChI is InChI=1S/C30H29FN6O/c1-36(17-2-18-38-26-10-6-24(7-11-26)30(32)33)19-21-3-12-27-28(22-13-15-34-16-14-22)29(35-37(27)20-21)23-4-8-25(31)9-5-23/h3-16,20H,2,17-19H2,1H3,(H3,32,33). The summed E-state index contributed by atoms with van der Waals surface area (Å²) in [5, 5.41) is 12.4. The van der Waals surface area contributed by atoms with Crippen LogP contribution in [0.15, 0.2) is 91.4 Å². The number of nitrogens with one attached hydrogen (secondary N) is 1. The Kier molecular flexibility index (Phi) is 7.42. The van der Waals surface area contributed by atoms with Gasteiger partial charge in [0, 0.05) is 48.4 Å². The van der Waals surface area contributed by atoms with Crippen molar-refractivity contribution >= 4 is 11.4 Å². The van der Waals surface area contributed by atoms with Gasteiger partial charge in [-0.25, -0.2) is 8.91 Å². The van der Waals surface area contributed by atoms with E-state index in [1.807, 2.05) is 28.8 Å². The lowest BCUT2D eigenvalue weighted by atomic mass is 10.0. The van der Waals surface area contributed by atoms with Crippen LogP contribution in [-0.4, -0.2) is 45.5 Å². The molecule has 3 aromatic heterocycles. The number of nitrogens with zero attached hydrogens (tertiary/aromatic N) is 4. The Morgan fingerprint density at radius 1 is 0.974 bits per heavy atom. The highest BCUT2D eigenvalue weighted by Crippen LogP contribution is 2.35. The number of halogens is 1. The van der Waals surface area contributed by atoms with Gasteiger partial charge in [0.05, 0.1) is 12.1 Å². The molecule has 2 aromatic carbocycles. The third kappa shape index (κ3) is 5.71. The van der Waals surface area contributed by atoms with Crippen molar-refractivity contribution in [1.82, 2.24) is 19.5 Å². The molecular weight excluding hydrogens is 479 g/mol. The first-order valence-electron chi connectivity index (χ1n) is 12.4. The molecule has 0 aliphatic heterocycles.